The number of H-pyrrole nitrogens is 1. The molecule has 8 nitrogen and oxygen atoms in total. The summed E-state index contributed by atoms with van der Waals surface area (Å²) in [7, 11) is -3.41. The number of hydrogen-bond donors (Lipinski definition) is 1. The lowest BCUT2D eigenvalue weighted by atomic mass is 10.2. The summed E-state index contributed by atoms with van der Waals surface area (Å²) in [6.45, 7) is 5.68. The summed E-state index contributed by atoms with van der Waals surface area (Å²) in [5.74, 6) is 1.20. The molecular formula is C16H18N4O4S. The third-order valence-electron chi connectivity index (χ3n) is 3.77. The van der Waals surface area contributed by atoms with Gasteiger partial charge in [0.15, 0.2) is 15.5 Å². The number of sulfone groups is 1. The average Bonchev–Trinajstić information content (AvgIpc) is 2.81. The van der Waals surface area contributed by atoms with Crippen molar-refractivity contribution in [3.63, 3.8) is 0 Å². The van der Waals surface area contributed by atoms with Crippen molar-refractivity contribution in [2.75, 3.05) is 12.9 Å². The van der Waals surface area contributed by atoms with E-state index in [2.05, 4.69) is 15.0 Å². The van der Waals surface area contributed by atoms with E-state index in [-0.39, 0.29) is 10.7 Å². The Morgan fingerprint density at radius 2 is 1.96 bits per heavy atom. The number of ether oxygens (including phenoxy) is 1. The highest BCUT2D eigenvalue weighted by atomic mass is 32.2. The molecule has 0 unspecified atom stereocenters. The maximum atomic E-state index is 12.4. The molecule has 3 rings (SSSR count). The van der Waals surface area contributed by atoms with Crippen molar-refractivity contribution in [3.8, 4) is 17.1 Å². The standard InChI is InChI=1S/C16H18N4O4S/c1-5-24-13-7-6-11(25(4,22)23)8-12(13)14-18-15-9(2)17-10(3)20(15)16(21)19-14/h6-8H,5H2,1-4H3,(H,18,19,21). The zero-order chi connectivity index (χ0) is 18.4. The molecule has 0 atom stereocenters. The van der Waals surface area contributed by atoms with E-state index in [1.807, 2.05) is 6.92 Å². The van der Waals surface area contributed by atoms with Gasteiger partial charge in [-0.2, -0.15) is 0 Å². The van der Waals surface area contributed by atoms with Gasteiger partial charge in [0.25, 0.3) is 0 Å². The normalized spacial score (nSPS) is 11.8. The van der Waals surface area contributed by atoms with Crippen LogP contribution in [0.4, 0.5) is 0 Å². The molecule has 9 heteroatoms. The van der Waals surface area contributed by atoms with Gasteiger partial charge in [-0.15, -0.1) is 0 Å². The zero-order valence-electron chi connectivity index (χ0n) is 14.3. The van der Waals surface area contributed by atoms with Gasteiger partial charge in [-0.25, -0.2) is 27.6 Å². The van der Waals surface area contributed by atoms with E-state index < -0.39 is 15.5 Å². The van der Waals surface area contributed by atoms with Crippen molar-refractivity contribution in [1.82, 2.24) is 19.4 Å². The third-order valence-corrected chi connectivity index (χ3v) is 4.88. The molecule has 2 heterocycles. The number of nitrogens with zero attached hydrogens (tertiary/aromatic N) is 3. The molecule has 0 aliphatic rings. The van der Waals surface area contributed by atoms with E-state index in [0.717, 1.165) is 6.26 Å². The highest BCUT2D eigenvalue weighted by Gasteiger charge is 2.17. The minimum Gasteiger partial charge on any atom is -0.493 e. The molecule has 0 saturated heterocycles. The molecule has 1 N–H and O–H groups in total. The Balaban J connectivity index is 2.33. The molecule has 0 aliphatic carbocycles. The topological polar surface area (TPSA) is 106 Å². The third kappa shape index (κ3) is 3.02. The van der Waals surface area contributed by atoms with Crippen molar-refractivity contribution in [2.24, 2.45) is 0 Å². The van der Waals surface area contributed by atoms with Crippen molar-refractivity contribution >= 4 is 15.5 Å². The first-order valence-corrected chi connectivity index (χ1v) is 9.54. The number of aromatic amines is 1. The Labute approximate surface area is 144 Å². The molecule has 1 aromatic carbocycles. The minimum absolute atomic E-state index is 0.120. The van der Waals surface area contributed by atoms with Crippen molar-refractivity contribution in [3.05, 3.63) is 40.2 Å². The van der Waals surface area contributed by atoms with Gasteiger partial charge in [-0.1, -0.05) is 0 Å². The second kappa shape index (κ2) is 5.99. The first-order valence-electron chi connectivity index (χ1n) is 7.65. The van der Waals surface area contributed by atoms with E-state index in [0.29, 0.717) is 35.1 Å². The number of benzene rings is 1. The van der Waals surface area contributed by atoms with E-state index in [1.165, 1.54) is 16.5 Å². The Hall–Kier alpha value is -2.68. The molecule has 25 heavy (non-hydrogen) atoms. The van der Waals surface area contributed by atoms with Crippen LogP contribution in [0, 0.1) is 13.8 Å². The van der Waals surface area contributed by atoms with Crippen LogP contribution in [-0.2, 0) is 9.84 Å². The lowest BCUT2D eigenvalue weighted by molar-refractivity contribution is 0.341. The molecule has 0 aliphatic heterocycles. The van der Waals surface area contributed by atoms with Crippen LogP contribution in [-0.4, -0.2) is 40.6 Å². The Morgan fingerprint density at radius 3 is 2.60 bits per heavy atom. The lowest BCUT2D eigenvalue weighted by Gasteiger charge is -2.11. The molecule has 0 amide bonds. The predicted molar refractivity (Wildman–Crippen MR) is 92.8 cm³/mol. The Kier molecular flexibility index (Phi) is 4.11. The lowest BCUT2D eigenvalue weighted by Crippen LogP contribution is -2.19. The highest BCUT2D eigenvalue weighted by molar-refractivity contribution is 7.90. The van der Waals surface area contributed by atoms with Crippen LogP contribution in [0.15, 0.2) is 27.9 Å². The zero-order valence-corrected chi connectivity index (χ0v) is 15.1. The van der Waals surface area contributed by atoms with Crippen LogP contribution >= 0.6 is 0 Å². The van der Waals surface area contributed by atoms with Crippen LogP contribution in [0.1, 0.15) is 18.4 Å². The average molecular weight is 362 g/mol. The molecule has 0 saturated carbocycles. The molecular weight excluding hydrogens is 344 g/mol. The SMILES string of the molecule is CCOc1ccc(S(C)(=O)=O)cc1-c1nc2c(C)nc(C)n2c(=O)[nH]1. The smallest absolute Gasteiger partial charge is 0.334 e. The first-order chi connectivity index (χ1) is 11.7. The molecule has 0 radical (unpaired) electrons. The number of rotatable bonds is 4. The number of aromatic nitrogens is 4. The summed E-state index contributed by atoms with van der Waals surface area (Å²) < 4.78 is 30.7. The van der Waals surface area contributed by atoms with E-state index >= 15 is 0 Å². The highest BCUT2D eigenvalue weighted by Crippen LogP contribution is 2.30. The number of nitrogens with one attached hydrogen (secondary N) is 1. The van der Waals surface area contributed by atoms with Gasteiger partial charge in [0.1, 0.15) is 17.4 Å². The molecule has 0 bridgehead atoms. The summed E-state index contributed by atoms with van der Waals surface area (Å²) in [6.07, 6.45) is 1.12. The Bertz CT molecular complexity index is 1130. The maximum Gasteiger partial charge on any atom is 0.334 e. The van der Waals surface area contributed by atoms with Gasteiger partial charge < -0.3 is 4.74 Å². The van der Waals surface area contributed by atoms with Gasteiger partial charge in [-0.3, -0.25) is 4.98 Å². The van der Waals surface area contributed by atoms with E-state index in [4.69, 9.17) is 4.74 Å². The van der Waals surface area contributed by atoms with Gasteiger partial charge in [-0.05, 0) is 39.0 Å². The van der Waals surface area contributed by atoms with E-state index in [1.54, 1.807) is 19.9 Å². The van der Waals surface area contributed by atoms with Gasteiger partial charge >= 0.3 is 5.69 Å². The summed E-state index contributed by atoms with van der Waals surface area (Å²) in [4.78, 5) is 23.9. The summed E-state index contributed by atoms with van der Waals surface area (Å²) in [6, 6.07) is 4.48. The largest absolute Gasteiger partial charge is 0.493 e. The molecule has 2 aromatic heterocycles. The molecule has 0 spiro atoms. The maximum absolute atomic E-state index is 12.4. The monoisotopic (exact) mass is 362 g/mol. The minimum atomic E-state index is -3.41. The number of hydrogen-bond acceptors (Lipinski definition) is 6. The van der Waals surface area contributed by atoms with Crippen LogP contribution in [0.2, 0.25) is 0 Å². The van der Waals surface area contributed by atoms with Gasteiger partial charge in [0, 0.05) is 6.26 Å². The Morgan fingerprint density at radius 1 is 1.24 bits per heavy atom. The number of imidazole rings is 1. The van der Waals surface area contributed by atoms with Crippen LogP contribution in [0.3, 0.4) is 0 Å². The fourth-order valence-corrected chi connectivity index (χ4v) is 3.30. The molecule has 3 aromatic rings. The van der Waals surface area contributed by atoms with Crippen LogP contribution in [0.5, 0.6) is 5.75 Å². The van der Waals surface area contributed by atoms with Crippen molar-refractivity contribution in [2.45, 2.75) is 25.7 Å². The van der Waals surface area contributed by atoms with E-state index in [9.17, 15) is 13.2 Å². The van der Waals surface area contributed by atoms with Crippen molar-refractivity contribution in [1.29, 1.82) is 0 Å². The number of fused-ring (bicyclic) bond motifs is 1. The number of aryl methyl sites for hydroxylation is 2. The first kappa shape index (κ1) is 17.2. The van der Waals surface area contributed by atoms with Gasteiger partial charge in [0.2, 0.25) is 0 Å². The fourth-order valence-electron chi connectivity index (χ4n) is 2.66. The predicted octanol–water partition coefficient (Wildman–Crippen LogP) is 1.50. The van der Waals surface area contributed by atoms with Crippen LogP contribution in [0.25, 0.3) is 17.0 Å². The molecule has 0 fully saturated rings. The second-order valence-electron chi connectivity index (χ2n) is 5.66. The summed E-state index contributed by atoms with van der Waals surface area (Å²) >= 11 is 0. The summed E-state index contributed by atoms with van der Waals surface area (Å²) in [5, 5.41) is 0. The summed E-state index contributed by atoms with van der Waals surface area (Å²) in [5.41, 5.74) is 1.04. The fraction of sp³-hybridized carbons (Fsp3) is 0.312. The van der Waals surface area contributed by atoms with Gasteiger partial charge in [0.05, 0.1) is 22.8 Å². The molecule has 132 valence electrons. The van der Waals surface area contributed by atoms with Crippen molar-refractivity contribution < 1.29 is 13.2 Å². The second-order valence-corrected chi connectivity index (χ2v) is 7.67. The quantitative estimate of drug-likeness (QED) is 0.754. The van der Waals surface area contributed by atoms with Crippen LogP contribution < -0.4 is 10.4 Å².